The van der Waals surface area contributed by atoms with Gasteiger partial charge in [0.2, 0.25) is 5.78 Å². The first-order valence-corrected chi connectivity index (χ1v) is 12.1. The van der Waals surface area contributed by atoms with Gasteiger partial charge < -0.3 is 5.73 Å². The van der Waals surface area contributed by atoms with Crippen LogP contribution in [0.1, 0.15) is 17.0 Å². The molecule has 0 amide bonds. The second-order valence-corrected chi connectivity index (χ2v) is 9.27. The van der Waals surface area contributed by atoms with E-state index in [0.29, 0.717) is 33.7 Å². The maximum Gasteiger partial charge on any atom is 0.267 e. The molecule has 0 bridgehead atoms. The number of benzene rings is 3. The Hall–Kier alpha value is -4.24. The van der Waals surface area contributed by atoms with Crippen molar-refractivity contribution in [3.05, 3.63) is 94.0 Å². The maximum atomic E-state index is 13.6. The molecule has 3 heterocycles. The van der Waals surface area contributed by atoms with E-state index in [9.17, 15) is 4.79 Å². The van der Waals surface area contributed by atoms with Gasteiger partial charge in [-0.2, -0.15) is 0 Å². The van der Waals surface area contributed by atoms with Crippen molar-refractivity contribution >= 4 is 45.2 Å². The van der Waals surface area contributed by atoms with Gasteiger partial charge >= 0.3 is 0 Å². The molecule has 0 aliphatic heterocycles. The summed E-state index contributed by atoms with van der Waals surface area (Å²) < 4.78 is 3.57. The lowest BCUT2D eigenvalue weighted by atomic mass is 10.1. The maximum absolute atomic E-state index is 13.6. The van der Waals surface area contributed by atoms with Crippen LogP contribution in [0.4, 0.5) is 5.82 Å². The molecule has 0 atom stereocenters. The molecule has 172 valence electrons. The molecule has 9 heteroatoms. The number of aromatic nitrogens is 6. The van der Waals surface area contributed by atoms with Crippen molar-refractivity contribution in [3.8, 4) is 5.69 Å². The van der Waals surface area contributed by atoms with Gasteiger partial charge in [0, 0.05) is 5.39 Å². The molecule has 6 rings (SSSR count). The lowest BCUT2D eigenvalue weighted by Crippen LogP contribution is -2.22. The van der Waals surface area contributed by atoms with Crippen molar-refractivity contribution in [3.63, 3.8) is 0 Å². The Morgan fingerprint density at radius 3 is 2.51 bits per heavy atom. The highest BCUT2D eigenvalue weighted by Gasteiger charge is 2.19. The molecule has 3 aromatic carbocycles. The zero-order chi connectivity index (χ0) is 24.1. The van der Waals surface area contributed by atoms with E-state index in [1.807, 2.05) is 85.0 Å². The first-order chi connectivity index (χ1) is 17.0. The van der Waals surface area contributed by atoms with Crippen LogP contribution in [0, 0.1) is 13.8 Å². The topological polar surface area (TPSA) is 104 Å². The Kier molecular flexibility index (Phi) is 5.00. The fourth-order valence-electron chi connectivity index (χ4n) is 4.31. The first kappa shape index (κ1) is 21.3. The Labute approximate surface area is 204 Å². The highest BCUT2D eigenvalue weighted by atomic mass is 32.2. The second-order valence-electron chi connectivity index (χ2n) is 8.33. The smallest absolute Gasteiger partial charge is 0.267 e. The summed E-state index contributed by atoms with van der Waals surface area (Å²) >= 11 is 1.45. The van der Waals surface area contributed by atoms with E-state index in [1.54, 1.807) is 4.57 Å². The third kappa shape index (κ3) is 3.43. The summed E-state index contributed by atoms with van der Waals surface area (Å²) in [6.07, 6.45) is 0. The molecule has 0 radical (unpaired) electrons. The van der Waals surface area contributed by atoms with Crippen molar-refractivity contribution in [2.75, 3.05) is 5.73 Å². The molecule has 0 spiro atoms. The van der Waals surface area contributed by atoms with Gasteiger partial charge in [-0.05, 0) is 55.3 Å². The molecule has 0 unspecified atom stereocenters. The number of rotatable bonds is 4. The van der Waals surface area contributed by atoms with Crippen LogP contribution in [0.2, 0.25) is 0 Å². The summed E-state index contributed by atoms with van der Waals surface area (Å²) in [7, 11) is 0. The first-order valence-electron chi connectivity index (χ1n) is 11.1. The number of nitrogens with zero attached hydrogens (tertiary/aromatic N) is 6. The monoisotopic (exact) mass is 479 g/mol. The quantitative estimate of drug-likeness (QED) is 0.372. The van der Waals surface area contributed by atoms with Crippen molar-refractivity contribution in [2.45, 2.75) is 24.8 Å². The number of thioether (sulfide) groups is 1. The lowest BCUT2D eigenvalue weighted by molar-refractivity contribution is 0.925. The minimum absolute atomic E-state index is 0.128. The van der Waals surface area contributed by atoms with Crippen LogP contribution < -0.4 is 11.3 Å². The van der Waals surface area contributed by atoms with Crippen LogP contribution in [0.3, 0.4) is 0 Å². The van der Waals surface area contributed by atoms with E-state index in [1.165, 1.54) is 11.8 Å². The summed E-state index contributed by atoms with van der Waals surface area (Å²) in [5.41, 5.74) is 10.5. The molecular weight excluding hydrogens is 458 g/mol. The number of aryl methyl sites for hydroxylation is 1. The molecule has 35 heavy (non-hydrogen) atoms. The largest absolute Gasteiger partial charge is 0.383 e. The number of hydrogen-bond acceptors (Lipinski definition) is 7. The predicted octanol–water partition coefficient (Wildman–Crippen LogP) is 4.47. The number of para-hydroxylation sites is 2. The Morgan fingerprint density at radius 2 is 1.66 bits per heavy atom. The number of fused-ring (bicyclic) bond motifs is 4. The van der Waals surface area contributed by atoms with Gasteiger partial charge in [0.25, 0.3) is 5.56 Å². The average molecular weight is 480 g/mol. The van der Waals surface area contributed by atoms with Crippen LogP contribution in [0.5, 0.6) is 0 Å². The van der Waals surface area contributed by atoms with Gasteiger partial charge in [-0.25, -0.2) is 14.5 Å². The third-order valence-corrected chi connectivity index (χ3v) is 7.15. The molecule has 6 aromatic rings. The predicted molar refractivity (Wildman–Crippen MR) is 139 cm³/mol. The van der Waals surface area contributed by atoms with E-state index in [0.717, 1.165) is 33.2 Å². The van der Waals surface area contributed by atoms with E-state index in [4.69, 9.17) is 5.73 Å². The van der Waals surface area contributed by atoms with Crippen LogP contribution in [-0.2, 0) is 5.75 Å². The van der Waals surface area contributed by atoms with Gasteiger partial charge in [-0.3, -0.25) is 9.20 Å². The SMILES string of the molecule is Cc1cccc(-n2c(=O)c3ccccc3n3c(SCc4nc(N)c5ccccc5n4)nnc23)c1C. The highest BCUT2D eigenvalue weighted by molar-refractivity contribution is 7.98. The fraction of sp³-hybridized carbons (Fsp3) is 0.115. The van der Waals surface area contributed by atoms with Crippen LogP contribution in [0.15, 0.2) is 76.7 Å². The van der Waals surface area contributed by atoms with E-state index in [-0.39, 0.29) is 5.56 Å². The minimum Gasteiger partial charge on any atom is -0.383 e. The average Bonchev–Trinajstić information content (AvgIpc) is 3.29. The standard InChI is InChI=1S/C26H21N7OS/c1-15-8-7-13-20(16(15)2)32-24(34)18-10-4-6-12-21(18)33-25(32)30-31-26(33)35-14-22-28-19-11-5-3-9-17(19)23(27)29-22/h3-13H,14H2,1-2H3,(H2,27,28,29). The Bertz CT molecular complexity index is 1820. The zero-order valence-corrected chi connectivity index (χ0v) is 20.0. The molecule has 0 fully saturated rings. The van der Waals surface area contributed by atoms with E-state index >= 15 is 0 Å². The van der Waals surface area contributed by atoms with Crippen LogP contribution in [-0.4, -0.2) is 29.1 Å². The van der Waals surface area contributed by atoms with Gasteiger partial charge in [0.1, 0.15) is 11.6 Å². The highest BCUT2D eigenvalue weighted by Crippen LogP contribution is 2.27. The van der Waals surface area contributed by atoms with Gasteiger partial charge in [-0.1, -0.05) is 48.2 Å². The summed E-state index contributed by atoms with van der Waals surface area (Å²) in [5.74, 6) is 1.97. The molecule has 2 N–H and O–H groups in total. The number of anilines is 1. The third-order valence-electron chi connectivity index (χ3n) is 6.22. The normalized spacial score (nSPS) is 11.6. The van der Waals surface area contributed by atoms with Gasteiger partial charge in [0.15, 0.2) is 5.16 Å². The Balaban J connectivity index is 1.52. The van der Waals surface area contributed by atoms with Crippen LogP contribution in [0.25, 0.3) is 33.3 Å². The molecule has 3 aromatic heterocycles. The zero-order valence-electron chi connectivity index (χ0n) is 19.1. The Morgan fingerprint density at radius 1 is 0.886 bits per heavy atom. The number of nitrogens with two attached hydrogens (primary N) is 1. The molecule has 0 aliphatic rings. The molecule has 0 aliphatic carbocycles. The molecule has 0 saturated carbocycles. The summed E-state index contributed by atoms with van der Waals surface area (Å²) in [4.78, 5) is 22.7. The molecular formula is C26H21N7OS. The second kappa shape index (κ2) is 8.21. The van der Waals surface area contributed by atoms with Gasteiger partial charge in [-0.15, -0.1) is 10.2 Å². The van der Waals surface area contributed by atoms with Crippen molar-refractivity contribution in [1.82, 2.24) is 29.1 Å². The summed E-state index contributed by atoms with van der Waals surface area (Å²) in [5, 5.41) is 11.0. The van der Waals surface area contributed by atoms with Crippen molar-refractivity contribution in [2.24, 2.45) is 0 Å². The molecule has 0 saturated heterocycles. The van der Waals surface area contributed by atoms with E-state index < -0.39 is 0 Å². The van der Waals surface area contributed by atoms with Crippen molar-refractivity contribution < 1.29 is 0 Å². The van der Waals surface area contributed by atoms with Gasteiger partial charge in [0.05, 0.1) is 27.9 Å². The van der Waals surface area contributed by atoms with Crippen molar-refractivity contribution in [1.29, 1.82) is 0 Å². The minimum atomic E-state index is -0.128. The molecule has 8 nitrogen and oxygen atoms in total. The number of nitrogen functional groups attached to an aromatic ring is 1. The van der Waals surface area contributed by atoms with E-state index in [2.05, 4.69) is 20.2 Å². The fourth-order valence-corrected chi connectivity index (χ4v) is 5.11. The van der Waals surface area contributed by atoms with Crippen LogP contribution >= 0.6 is 11.8 Å². The lowest BCUT2D eigenvalue weighted by Gasteiger charge is -2.14. The number of hydrogen-bond donors (Lipinski definition) is 1. The summed E-state index contributed by atoms with van der Waals surface area (Å²) in [6, 6.07) is 21.1. The summed E-state index contributed by atoms with van der Waals surface area (Å²) in [6.45, 7) is 4.04.